The summed E-state index contributed by atoms with van der Waals surface area (Å²) in [6, 6.07) is 6.15. The number of aliphatic hydroxyl groups is 1. The number of hydrogen-bond donors (Lipinski definition) is 2. The number of aliphatic hydroxyl groups excluding tert-OH is 1. The minimum Gasteiger partial charge on any atom is -0.423 e. The Hall–Kier alpha value is -1.75. The molecule has 19 heavy (non-hydrogen) atoms. The zero-order valence-electron chi connectivity index (χ0n) is 11.0. The molecule has 1 aromatic carbocycles. The van der Waals surface area contributed by atoms with E-state index >= 15 is 0 Å². The number of nitrogens with two attached hydrogens (primary N) is 1. The van der Waals surface area contributed by atoms with Crippen LogP contribution < -0.4 is 10.6 Å². The summed E-state index contributed by atoms with van der Waals surface area (Å²) in [6.45, 7) is 3.61. The number of anilines is 2. The quantitative estimate of drug-likeness (QED) is 0.809. The molecular formula is C14H19N3O2. The summed E-state index contributed by atoms with van der Waals surface area (Å²) in [4.78, 5) is 6.62. The molecule has 1 saturated heterocycles. The van der Waals surface area contributed by atoms with Gasteiger partial charge < -0.3 is 20.2 Å². The fourth-order valence-corrected chi connectivity index (χ4v) is 2.64. The van der Waals surface area contributed by atoms with Crippen LogP contribution in [0.1, 0.15) is 19.8 Å². The van der Waals surface area contributed by atoms with E-state index < -0.39 is 0 Å². The lowest BCUT2D eigenvalue weighted by molar-refractivity contribution is 0.109. The third kappa shape index (κ3) is 2.38. The molecule has 0 amide bonds. The number of piperidine rings is 1. The molecule has 0 bridgehead atoms. The maximum absolute atomic E-state index is 9.61. The molecule has 2 aromatic rings. The van der Waals surface area contributed by atoms with Gasteiger partial charge in [0.1, 0.15) is 5.52 Å². The Bertz CT molecular complexity index is 571. The van der Waals surface area contributed by atoms with Crippen molar-refractivity contribution in [2.45, 2.75) is 25.9 Å². The summed E-state index contributed by atoms with van der Waals surface area (Å²) in [6.07, 6.45) is 1.71. The number of aromatic nitrogens is 1. The van der Waals surface area contributed by atoms with Crippen molar-refractivity contribution >= 4 is 22.8 Å². The molecule has 1 unspecified atom stereocenters. The number of oxazole rings is 1. The molecular weight excluding hydrogens is 242 g/mol. The van der Waals surface area contributed by atoms with E-state index in [0.29, 0.717) is 17.6 Å². The highest BCUT2D eigenvalue weighted by atomic mass is 16.4. The molecule has 1 atom stereocenters. The second-order valence-electron chi connectivity index (χ2n) is 5.29. The highest BCUT2D eigenvalue weighted by molar-refractivity contribution is 5.78. The highest BCUT2D eigenvalue weighted by Gasteiger charge is 2.25. The first-order valence-corrected chi connectivity index (χ1v) is 6.72. The van der Waals surface area contributed by atoms with Gasteiger partial charge in [-0.25, -0.2) is 0 Å². The monoisotopic (exact) mass is 261 g/mol. The van der Waals surface area contributed by atoms with Gasteiger partial charge in [-0.1, -0.05) is 0 Å². The molecule has 1 fully saturated rings. The van der Waals surface area contributed by atoms with Crippen molar-refractivity contribution in [3.63, 3.8) is 0 Å². The van der Waals surface area contributed by atoms with E-state index in [1.165, 1.54) is 0 Å². The molecule has 5 heteroatoms. The lowest BCUT2D eigenvalue weighted by Gasteiger charge is -2.32. The SMILES string of the molecule is CC(O)C1CCN(c2nc3cc(N)ccc3o2)CC1. The smallest absolute Gasteiger partial charge is 0.298 e. The van der Waals surface area contributed by atoms with E-state index in [1.807, 2.05) is 25.1 Å². The number of hydrogen-bond acceptors (Lipinski definition) is 5. The number of nitrogen functional groups attached to an aromatic ring is 1. The van der Waals surface area contributed by atoms with Crippen LogP contribution in [-0.2, 0) is 0 Å². The predicted molar refractivity (Wildman–Crippen MR) is 75.0 cm³/mol. The van der Waals surface area contributed by atoms with Crippen molar-refractivity contribution < 1.29 is 9.52 Å². The second kappa shape index (κ2) is 4.74. The van der Waals surface area contributed by atoms with E-state index in [4.69, 9.17) is 10.2 Å². The summed E-state index contributed by atoms with van der Waals surface area (Å²) in [5, 5.41) is 9.61. The third-order valence-corrected chi connectivity index (χ3v) is 3.89. The molecule has 0 radical (unpaired) electrons. The van der Waals surface area contributed by atoms with Gasteiger partial charge in [-0.3, -0.25) is 0 Å². The third-order valence-electron chi connectivity index (χ3n) is 3.89. The molecule has 1 aromatic heterocycles. The van der Waals surface area contributed by atoms with Gasteiger partial charge in [-0.2, -0.15) is 4.98 Å². The van der Waals surface area contributed by atoms with Crippen LogP contribution >= 0.6 is 0 Å². The van der Waals surface area contributed by atoms with Gasteiger partial charge in [0.15, 0.2) is 5.58 Å². The Morgan fingerprint density at radius 3 is 2.84 bits per heavy atom. The number of benzene rings is 1. The molecule has 1 aliphatic heterocycles. The maximum atomic E-state index is 9.61. The summed E-state index contributed by atoms with van der Waals surface area (Å²) in [7, 11) is 0. The van der Waals surface area contributed by atoms with Gasteiger partial charge in [0.05, 0.1) is 6.10 Å². The fourth-order valence-electron chi connectivity index (χ4n) is 2.64. The first-order chi connectivity index (χ1) is 9.13. The normalized spacial score (nSPS) is 18.9. The summed E-state index contributed by atoms with van der Waals surface area (Å²) < 4.78 is 5.75. The van der Waals surface area contributed by atoms with E-state index in [1.54, 1.807) is 0 Å². The van der Waals surface area contributed by atoms with Crippen LogP contribution in [0.25, 0.3) is 11.1 Å². The summed E-state index contributed by atoms with van der Waals surface area (Å²) in [5.74, 6) is 0.385. The lowest BCUT2D eigenvalue weighted by atomic mass is 9.92. The Balaban J connectivity index is 1.78. The van der Waals surface area contributed by atoms with Gasteiger partial charge >= 0.3 is 0 Å². The van der Waals surface area contributed by atoms with Crippen LogP contribution in [0.3, 0.4) is 0 Å². The lowest BCUT2D eigenvalue weighted by Crippen LogP contribution is -2.37. The van der Waals surface area contributed by atoms with Gasteiger partial charge in [0.2, 0.25) is 0 Å². The van der Waals surface area contributed by atoms with E-state index in [9.17, 15) is 5.11 Å². The van der Waals surface area contributed by atoms with E-state index in [2.05, 4.69) is 9.88 Å². The fraction of sp³-hybridized carbons (Fsp3) is 0.500. The Kier molecular flexibility index (Phi) is 3.06. The van der Waals surface area contributed by atoms with Crippen LogP contribution in [0.4, 0.5) is 11.7 Å². The number of fused-ring (bicyclic) bond motifs is 1. The Morgan fingerprint density at radius 2 is 2.16 bits per heavy atom. The molecule has 0 saturated carbocycles. The topological polar surface area (TPSA) is 75.5 Å². The van der Waals surface area contributed by atoms with Crippen molar-refractivity contribution in [2.24, 2.45) is 5.92 Å². The average Bonchev–Trinajstić information content (AvgIpc) is 2.81. The van der Waals surface area contributed by atoms with Crippen molar-refractivity contribution in [3.8, 4) is 0 Å². The molecule has 2 heterocycles. The van der Waals surface area contributed by atoms with Crippen LogP contribution in [0, 0.1) is 5.92 Å². The second-order valence-corrected chi connectivity index (χ2v) is 5.29. The van der Waals surface area contributed by atoms with Crippen molar-refractivity contribution in [1.82, 2.24) is 4.98 Å². The van der Waals surface area contributed by atoms with Gasteiger partial charge in [-0.05, 0) is 43.9 Å². The van der Waals surface area contributed by atoms with E-state index in [-0.39, 0.29) is 6.10 Å². The number of rotatable bonds is 2. The van der Waals surface area contributed by atoms with Gasteiger partial charge in [0.25, 0.3) is 6.01 Å². The van der Waals surface area contributed by atoms with E-state index in [0.717, 1.165) is 37.0 Å². The first-order valence-electron chi connectivity index (χ1n) is 6.72. The minimum absolute atomic E-state index is 0.231. The molecule has 0 spiro atoms. The zero-order chi connectivity index (χ0) is 13.4. The van der Waals surface area contributed by atoms with Gasteiger partial charge in [0, 0.05) is 18.8 Å². The molecule has 3 N–H and O–H groups in total. The Morgan fingerprint density at radius 1 is 1.42 bits per heavy atom. The Labute approximate surface area is 112 Å². The largest absolute Gasteiger partial charge is 0.423 e. The molecule has 102 valence electrons. The summed E-state index contributed by atoms with van der Waals surface area (Å²) >= 11 is 0. The van der Waals surface area contributed by atoms with Crippen LogP contribution in [-0.4, -0.2) is 29.3 Å². The average molecular weight is 261 g/mol. The molecule has 3 rings (SSSR count). The zero-order valence-corrected chi connectivity index (χ0v) is 11.0. The standard InChI is InChI=1S/C14H19N3O2/c1-9(18)10-4-6-17(7-5-10)14-16-12-8-11(15)2-3-13(12)19-14/h2-3,8-10,18H,4-7,15H2,1H3. The van der Waals surface area contributed by atoms with Crippen LogP contribution in [0.5, 0.6) is 0 Å². The van der Waals surface area contributed by atoms with Crippen molar-refractivity contribution in [1.29, 1.82) is 0 Å². The minimum atomic E-state index is -0.231. The first kappa shape index (κ1) is 12.3. The molecule has 0 aliphatic carbocycles. The van der Waals surface area contributed by atoms with Gasteiger partial charge in [-0.15, -0.1) is 0 Å². The number of nitrogens with zero attached hydrogens (tertiary/aromatic N) is 2. The van der Waals surface area contributed by atoms with Crippen molar-refractivity contribution in [3.05, 3.63) is 18.2 Å². The highest BCUT2D eigenvalue weighted by Crippen LogP contribution is 2.28. The molecule has 5 nitrogen and oxygen atoms in total. The maximum Gasteiger partial charge on any atom is 0.298 e. The molecule has 1 aliphatic rings. The van der Waals surface area contributed by atoms with Crippen molar-refractivity contribution in [2.75, 3.05) is 23.7 Å². The van der Waals surface area contributed by atoms with Crippen LogP contribution in [0.15, 0.2) is 22.6 Å². The van der Waals surface area contributed by atoms with Crippen LogP contribution in [0.2, 0.25) is 0 Å². The predicted octanol–water partition coefficient (Wildman–Crippen LogP) is 2.01. The summed E-state index contributed by atoms with van der Waals surface area (Å²) in [5.41, 5.74) is 8.00.